The summed E-state index contributed by atoms with van der Waals surface area (Å²) in [5.74, 6) is -0.864. The van der Waals surface area contributed by atoms with Crippen LogP contribution in [0.25, 0.3) is 0 Å². The molecule has 0 amide bonds. The highest BCUT2D eigenvalue weighted by atomic mass is 32.2. The van der Waals surface area contributed by atoms with Crippen LogP contribution in [0.3, 0.4) is 0 Å². The van der Waals surface area contributed by atoms with Crippen LogP contribution in [0.5, 0.6) is 5.75 Å². The highest BCUT2D eigenvalue weighted by Gasteiger charge is 2.48. The maximum Gasteiger partial charge on any atom is 0.534 e. The first kappa shape index (κ1) is 20.7. The fourth-order valence-electron chi connectivity index (χ4n) is 2.03. The van der Waals surface area contributed by atoms with E-state index in [0.29, 0.717) is 12.1 Å². The van der Waals surface area contributed by atoms with Gasteiger partial charge in [0.1, 0.15) is 11.4 Å². The molecule has 0 saturated carbocycles. The molecule has 2 rings (SSSR count). The lowest BCUT2D eigenvalue weighted by Gasteiger charge is -2.14. The lowest BCUT2D eigenvalue weighted by atomic mass is 10.2. The molecule has 0 aromatic carbocycles. The van der Waals surface area contributed by atoms with Crippen LogP contribution in [-0.2, 0) is 22.8 Å². The third-order valence-electron chi connectivity index (χ3n) is 3.25. The van der Waals surface area contributed by atoms with Crippen molar-refractivity contribution in [2.75, 3.05) is 0 Å². The number of hydrogen-bond donors (Lipinski definition) is 0. The molecule has 0 spiro atoms. The van der Waals surface area contributed by atoms with Crippen LogP contribution in [-0.4, -0.2) is 23.5 Å². The molecule has 0 saturated heterocycles. The van der Waals surface area contributed by atoms with Crippen LogP contribution >= 0.6 is 0 Å². The van der Waals surface area contributed by atoms with Gasteiger partial charge >= 0.3 is 21.8 Å². The van der Waals surface area contributed by atoms with Gasteiger partial charge in [0, 0.05) is 24.0 Å². The molecule has 0 fully saturated rings. The standard InChI is InChI=1S/C14H10F6N2O4S/c1-8-4-10(26-27(24,25)14(18,19)20)6-12(23)22(8)7-9-2-3-21-11(5-9)13(15,16)17/h2-6H,7H2,1H3. The summed E-state index contributed by atoms with van der Waals surface area (Å²) in [5, 5.41) is 0. The predicted molar refractivity (Wildman–Crippen MR) is 79.4 cm³/mol. The van der Waals surface area contributed by atoms with Crippen molar-refractivity contribution < 1.29 is 38.9 Å². The normalized spacial score (nSPS) is 12.9. The molecule has 6 nitrogen and oxygen atoms in total. The van der Waals surface area contributed by atoms with Crippen molar-refractivity contribution in [2.24, 2.45) is 0 Å². The number of rotatable bonds is 4. The van der Waals surface area contributed by atoms with Crippen LogP contribution in [0.2, 0.25) is 0 Å². The molecular formula is C14H10F6N2O4S. The van der Waals surface area contributed by atoms with E-state index in [2.05, 4.69) is 9.17 Å². The van der Waals surface area contributed by atoms with E-state index in [4.69, 9.17) is 0 Å². The number of pyridine rings is 2. The van der Waals surface area contributed by atoms with Gasteiger partial charge < -0.3 is 8.75 Å². The third kappa shape index (κ3) is 4.78. The zero-order valence-corrected chi connectivity index (χ0v) is 14.1. The molecule has 2 aromatic rings. The Labute approximate surface area is 148 Å². The number of nitrogens with zero attached hydrogens (tertiary/aromatic N) is 2. The van der Waals surface area contributed by atoms with Crippen molar-refractivity contribution in [1.82, 2.24) is 9.55 Å². The smallest absolute Gasteiger partial charge is 0.376 e. The van der Waals surface area contributed by atoms with Gasteiger partial charge in [0.15, 0.2) is 0 Å². The summed E-state index contributed by atoms with van der Waals surface area (Å²) in [4.78, 5) is 15.2. The summed E-state index contributed by atoms with van der Waals surface area (Å²) in [5.41, 5.74) is -7.80. The topological polar surface area (TPSA) is 78.3 Å². The van der Waals surface area contributed by atoms with E-state index in [9.17, 15) is 39.6 Å². The second kappa shape index (κ2) is 6.87. The second-order valence-corrected chi connectivity index (χ2v) is 6.82. The molecule has 2 heterocycles. The van der Waals surface area contributed by atoms with Crippen molar-refractivity contribution in [3.63, 3.8) is 0 Å². The van der Waals surface area contributed by atoms with Crippen LogP contribution in [0.1, 0.15) is 17.0 Å². The Kier molecular flexibility index (Phi) is 5.27. The SMILES string of the molecule is Cc1cc(OS(=O)(=O)C(F)(F)F)cc(=O)n1Cc1ccnc(C(F)(F)F)c1. The fourth-order valence-corrected chi connectivity index (χ4v) is 2.48. The van der Waals surface area contributed by atoms with E-state index >= 15 is 0 Å². The van der Waals surface area contributed by atoms with Gasteiger partial charge in [-0.25, -0.2) is 0 Å². The molecule has 0 aliphatic carbocycles. The summed E-state index contributed by atoms with van der Waals surface area (Å²) < 4.78 is 102. The zero-order chi connectivity index (χ0) is 20.6. The number of aromatic nitrogens is 2. The van der Waals surface area contributed by atoms with E-state index in [0.717, 1.165) is 16.8 Å². The Morgan fingerprint density at radius 2 is 1.74 bits per heavy atom. The summed E-state index contributed by atoms with van der Waals surface area (Å²) in [6.45, 7) is 0.906. The van der Waals surface area contributed by atoms with E-state index in [1.165, 1.54) is 13.0 Å². The molecular weight excluding hydrogens is 406 g/mol. The summed E-state index contributed by atoms with van der Waals surface area (Å²) >= 11 is 0. The van der Waals surface area contributed by atoms with Crippen molar-refractivity contribution in [1.29, 1.82) is 0 Å². The van der Waals surface area contributed by atoms with Gasteiger partial charge in [-0.3, -0.25) is 9.78 Å². The van der Waals surface area contributed by atoms with E-state index in [-0.39, 0.29) is 17.8 Å². The molecule has 0 aliphatic heterocycles. The van der Waals surface area contributed by atoms with E-state index in [1.807, 2.05) is 0 Å². The molecule has 0 unspecified atom stereocenters. The molecule has 0 bridgehead atoms. The van der Waals surface area contributed by atoms with Crippen LogP contribution in [0, 0.1) is 6.92 Å². The van der Waals surface area contributed by atoms with Gasteiger partial charge in [0.25, 0.3) is 5.56 Å². The first-order valence-corrected chi connectivity index (χ1v) is 8.36. The Bertz CT molecular complexity index is 1010. The Morgan fingerprint density at radius 3 is 2.26 bits per heavy atom. The summed E-state index contributed by atoms with van der Waals surface area (Å²) in [6.07, 6.45) is -3.80. The highest BCUT2D eigenvalue weighted by Crippen LogP contribution is 2.28. The Hall–Kier alpha value is -2.57. The molecule has 27 heavy (non-hydrogen) atoms. The molecule has 13 heteroatoms. The summed E-state index contributed by atoms with van der Waals surface area (Å²) in [7, 11) is -5.96. The quantitative estimate of drug-likeness (QED) is 0.435. The largest absolute Gasteiger partial charge is 0.534 e. The minimum atomic E-state index is -5.96. The van der Waals surface area contributed by atoms with Gasteiger partial charge in [0.05, 0.1) is 6.54 Å². The maximum atomic E-state index is 12.7. The van der Waals surface area contributed by atoms with Gasteiger partial charge in [-0.15, -0.1) is 0 Å². The lowest BCUT2D eigenvalue weighted by molar-refractivity contribution is -0.141. The number of alkyl halides is 6. The van der Waals surface area contributed by atoms with Crippen LogP contribution in [0.15, 0.2) is 35.3 Å². The van der Waals surface area contributed by atoms with E-state index < -0.39 is 38.8 Å². The molecule has 0 N–H and O–H groups in total. The number of halogens is 6. The molecule has 2 aromatic heterocycles. The van der Waals surface area contributed by atoms with Gasteiger partial charge in [-0.05, 0) is 24.6 Å². The first-order chi connectivity index (χ1) is 12.2. The Morgan fingerprint density at radius 1 is 1.11 bits per heavy atom. The minimum absolute atomic E-state index is 0.0276. The van der Waals surface area contributed by atoms with Crippen molar-refractivity contribution in [2.45, 2.75) is 25.2 Å². The number of aryl methyl sites for hydroxylation is 1. The lowest BCUT2D eigenvalue weighted by Crippen LogP contribution is -2.29. The van der Waals surface area contributed by atoms with Crippen molar-refractivity contribution in [3.05, 3.63) is 57.8 Å². The molecule has 0 atom stereocenters. The fraction of sp³-hybridized carbons (Fsp3) is 0.286. The first-order valence-electron chi connectivity index (χ1n) is 6.95. The summed E-state index contributed by atoms with van der Waals surface area (Å²) in [6, 6.07) is 3.27. The van der Waals surface area contributed by atoms with E-state index in [1.54, 1.807) is 0 Å². The maximum absolute atomic E-state index is 12.7. The van der Waals surface area contributed by atoms with Crippen LogP contribution < -0.4 is 9.74 Å². The third-order valence-corrected chi connectivity index (χ3v) is 4.23. The zero-order valence-electron chi connectivity index (χ0n) is 13.3. The Balaban J connectivity index is 2.35. The van der Waals surface area contributed by atoms with Gasteiger partial charge in [0.2, 0.25) is 0 Å². The second-order valence-electron chi connectivity index (χ2n) is 5.29. The minimum Gasteiger partial charge on any atom is -0.376 e. The van der Waals surface area contributed by atoms with Crippen molar-refractivity contribution in [3.8, 4) is 5.75 Å². The average molecular weight is 416 g/mol. The van der Waals surface area contributed by atoms with Crippen molar-refractivity contribution >= 4 is 10.1 Å². The molecule has 0 radical (unpaired) electrons. The van der Waals surface area contributed by atoms with Gasteiger partial charge in [-0.1, -0.05) is 0 Å². The molecule has 148 valence electrons. The van der Waals surface area contributed by atoms with Crippen LogP contribution in [0.4, 0.5) is 26.3 Å². The average Bonchev–Trinajstić information content (AvgIpc) is 2.49. The predicted octanol–water partition coefficient (Wildman–Crippen LogP) is 2.85. The number of hydrogen-bond acceptors (Lipinski definition) is 5. The highest BCUT2D eigenvalue weighted by molar-refractivity contribution is 7.88. The molecule has 0 aliphatic rings. The van der Waals surface area contributed by atoms with Gasteiger partial charge in [-0.2, -0.15) is 34.8 Å². The monoisotopic (exact) mass is 416 g/mol.